The summed E-state index contributed by atoms with van der Waals surface area (Å²) in [5, 5.41) is 0. The Morgan fingerprint density at radius 2 is 1.95 bits per heavy atom. The Kier molecular flexibility index (Phi) is 4.46. The molecular formula is C16H23NO2. The van der Waals surface area contributed by atoms with E-state index in [9.17, 15) is 4.79 Å². The van der Waals surface area contributed by atoms with Gasteiger partial charge < -0.3 is 9.64 Å². The fraction of sp³-hybridized carbons (Fsp3) is 0.562. The molecule has 1 fully saturated rings. The molecule has 0 aliphatic carbocycles. The SMILES string of the molecule is CC1CC(C)C(C)N(C(=O)OCc2ccccc2)C1. The van der Waals surface area contributed by atoms with Crippen molar-refractivity contribution in [3.8, 4) is 0 Å². The van der Waals surface area contributed by atoms with E-state index in [1.807, 2.05) is 35.2 Å². The number of nitrogens with zero attached hydrogens (tertiary/aromatic N) is 1. The fourth-order valence-corrected chi connectivity index (χ4v) is 2.76. The summed E-state index contributed by atoms with van der Waals surface area (Å²) in [6.45, 7) is 7.67. The second-order valence-corrected chi connectivity index (χ2v) is 5.75. The van der Waals surface area contributed by atoms with Crippen LogP contribution in [0.2, 0.25) is 0 Å². The molecule has 3 nitrogen and oxygen atoms in total. The summed E-state index contributed by atoms with van der Waals surface area (Å²) in [4.78, 5) is 14.1. The summed E-state index contributed by atoms with van der Waals surface area (Å²) in [6.07, 6.45) is 0.999. The summed E-state index contributed by atoms with van der Waals surface area (Å²) in [5.74, 6) is 1.09. The first kappa shape index (κ1) is 13.9. The first-order chi connectivity index (χ1) is 9.08. The lowest BCUT2D eigenvalue weighted by Gasteiger charge is -2.40. The van der Waals surface area contributed by atoms with Crippen LogP contribution in [0.5, 0.6) is 0 Å². The van der Waals surface area contributed by atoms with Crippen LogP contribution in [-0.2, 0) is 11.3 Å². The van der Waals surface area contributed by atoms with E-state index < -0.39 is 0 Å². The minimum atomic E-state index is -0.185. The predicted molar refractivity (Wildman–Crippen MR) is 75.7 cm³/mol. The van der Waals surface area contributed by atoms with Crippen LogP contribution >= 0.6 is 0 Å². The maximum atomic E-state index is 12.2. The first-order valence-corrected chi connectivity index (χ1v) is 7.05. The van der Waals surface area contributed by atoms with E-state index in [4.69, 9.17) is 4.74 Å². The molecular weight excluding hydrogens is 238 g/mol. The third-order valence-corrected chi connectivity index (χ3v) is 4.04. The quantitative estimate of drug-likeness (QED) is 0.812. The summed E-state index contributed by atoms with van der Waals surface area (Å²) < 4.78 is 5.42. The molecule has 104 valence electrons. The second kappa shape index (κ2) is 6.09. The molecule has 0 saturated carbocycles. The van der Waals surface area contributed by atoms with Crippen molar-refractivity contribution in [2.45, 2.75) is 39.8 Å². The molecule has 1 saturated heterocycles. The molecule has 19 heavy (non-hydrogen) atoms. The minimum Gasteiger partial charge on any atom is -0.445 e. The summed E-state index contributed by atoms with van der Waals surface area (Å²) >= 11 is 0. The van der Waals surface area contributed by atoms with Crippen LogP contribution < -0.4 is 0 Å². The van der Waals surface area contributed by atoms with Crippen molar-refractivity contribution in [1.29, 1.82) is 0 Å². The van der Waals surface area contributed by atoms with E-state index in [2.05, 4.69) is 20.8 Å². The van der Waals surface area contributed by atoms with Crippen LogP contribution in [0.15, 0.2) is 30.3 Å². The van der Waals surface area contributed by atoms with Crippen LogP contribution in [0.1, 0.15) is 32.8 Å². The molecule has 3 unspecified atom stereocenters. The van der Waals surface area contributed by atoms with E-state index in [0.717, 1.165) is 12.1 Å². The Hall–Kier alpha value is -1.51. The van der Waals surface area contributed by atoms with Gasteiger partial charge in [-0.2, -0.15) is 0 Å². The molecule has 1 heterocycles. The van der Waals surface area contributed by atoms with Gasteiger partial charge in [-0.05, 0) is 30.7 Å². The zero-order valence-corrected chi connectivity index (χ0v) is 12.0. The van der Waals surface area contributed by atoms with Gasteiger partial charge in [0.15, 0.2) is 0 Å². The lowest BCUT2D eigenvalue weighted by molar-refractivity contribution is 0.0429. The summed E-state index contributed by atoms with van der Waals surface area (Å²) in [6, 6.07) is 10.1. The van der Waals surface area contributed by atoms with Crippen LogP contribution in [0.25, 0.3) is 0 Å². The molecule has 1 amide bonds. The van der Waals surface area contributed by atoms with Crippen molar-refractivity contribution in [3.63, 3.8) is 0 Å². The molecule has 1 aromatic carbocycles. The maximum Gasteiger partial charge on any atom is 0.410 e. The number of benzene rings is 1. The molecule has 0 spiro atoms. The van der Waals surface area contributed by atoms with Gasteiger partial charge in [0.25, 0.3) is 0 Å². The Bertz CT molecular complexity index is 418. The highest BCUT2D eigenvalue weighted by Gasteiger charge is 2.32. The van der Waals surface area contributed by atoms with Crippen molar-refractivity contribution in [3.05, 3.63) is 35.9 Å². The van der Waals surface area contributed by atoms with Gasteiger partial charge in [-0.3, -0.25) is 0 Å². The number of ether oxygens (including phenoxy) is 1. The zero-order chi connectivity index (χ0) is 13.8. The van der Waals surface area contributed by atoms with Gasteiger partial charge in [0.2, 0.25) is 0 Å². The zero-order valence-electron chi connectivity index (χ0n) is 12.0. The molecule has 1 aromatic rings. The highest BCUT2D eigenvalue weighted by atomic mass is 16.6. The Balaban J connectivity index is 1.92. The summed E-state index contributed by atoms with van der Waals surface area (Å²) in [5.41, 5.74) is 1.03. The number of piperidine rings is 1. The minimum absolute atomic E-state index is 0.185. The standard InChI is InChI=1S/C16H23NO2/c1-12-9-13(2)14(3)17(10-12)16(18)19-11-15-7-5-4-6-8-15/h4-8,12-14H,9-11H2,1-3H3. The van der Waals surface area contributed by atoms with E-state index in [1.54, 1.807) is 0 Å². The molecule has 0 N–H and O–H groups in total. The number of amides is 1. The predicted octanol–water partition coefficient (Wildman–Crippen LogP) is 3.69. The lowest BCUT2D eigenvalue weighted by Crippen LogP contribution is -2.49. The smallest absolute Gasteiger partial charge is 0.410 e. The fourth-order valence-electron chi connectivity index (χ4n) is 2.76. The monoisotopic (exact) mass is 261 g/mol. The number of rotatable bonds is 2. The molecule has 2 rings (SSSR count). The first-order valence-electron chi connectivity index (χ1n) is 7.05. The number of hydrogen-bond acceptors (Lipinski definition) is 2. The average molecular weight is 261 g/mol. The van der Waals surface area contributed by atoms with Crippen molar-refractivity contribution in [2.75, 3.05) is 6.54 Å². The van der Waals surface area contributed by atoms with Crippen LogP contribution in [0.4, 0.5) is 4.79 Å². The van der Waals surface area contributed by atoms with Crippen molar-refractivity contribution >= 4 is 6.09 Å². The highest BCUT2D eigenvalue weighted by Crippen LogP contribution is 2.27. The molecule has 1 aliphatic heterocycles. The van der Waals surface area contributed by atoms with Gasteiger partial charge in [0, 0.05) is 12.6 Å². The lowest BCUT2D eigenvalue weighted by atomic mass is 9.86. The number of carbonyl (C=O) groups excluding carboxylic acids is 1. The maximum absolute atomic E-state index is 12.2. The van der Waals surface area contributed by atoms with E-state index in [0.29, 0.717) is 18.4 Å². The summed E-state index contributed by atoms with van der Waals surface area (Å²) in [7, 11) is 0. The normalized spacial score (nSPS) is 27.1. The third-order valence-electron chi connectivity index (χ3n) is 4.04. The van der Waals surface area contributed by atoms with Gasteiger partial charge in [-0.25, -0.2) is 4.79 Å². The largest absolute Gasteiger partial charge is 0.445 e. The molecule has 3 atom stereocenters. The van der Waals surface area contributed by atoms with Gasteiger partial charge in [-0.15, -0.1) is 0 Å². The van der Waals surface area contributed by atoms with Gasteiger partial charge in [0.1, 0.15) is 6.61 Å². The van der Waals surface area contributed by atoms with Crippen LogP contribution in [0, 0.1) is 11.8 Å². The molecule has 0 bridgehead atoms. The topological polar surface area (TPSA) is 29.5 Å². The molecule has 1 aliphatic rings. The number of likely N-dealkylation sites (tertiary alicyclic amines) is 1. The van der Waals surface area contributed by atoms with Crippen molar-refractivity contribution in [1.82, 2.24) is 4.90 Å². The average Bonchev–Trinajstić information content (AvgIpc) is 2.41. The molecule has 0 radical (unpaired) electrons. The van der Waals surface area contributed by atoms with E-state index in [-0.39, 0.29) is 12.1 Å². The van der Waals surface area contributed by atoms with Gasteiger partial charge >= 0.3 is 6.09 Å². The van der Waals surface area contributed by atoms with Crippen molar-refractivity contribution < 1.29 is 9.53 Å². The van der Waals surface area contributed by atoms with Crippen molar-refractivity contribution in [2.24, 2.45) is 11.8 Å². The van der Waals surface area contributed by atoms with Gasteiger partial charge in [-0.1, -0.05) is 44.2 Å². The number of hydrogen-bond donors (Lipinski definition) is 0. The van der Waals surface area contributed by atoms with Crippen LogP contribution in [0.3, 0.4) is 0 Å². The van der Waals surface area contributed by atoms with E-state index in [1.165, 1.54) is 6.42 Å². The molecule has 0 aromatic heterocycles. The van der Waals surface area contributed by atoms with Crippen LogP contribution in [-0.4, -0.2) is 23.6 Å². The van der Waals surface area contributed by atoms with Gasteiger partial charge in [0.05, 0.1) is 0 Å². The van der Waals surface area contributed by atoms with E-state index >= 15 is 0 Å². The Morgan fingerprint density at radius 1 is 1.26 bits per heavy atom. The highest BCUT2D eigenvalue weighted by molar-refractivity contribution is 5.68. The Morgan fingerprint density at radius 3 is 2.63 bits per heavy atom. The number of carbonyl (C=O) groups is 1. The second-order valence-electron chi connectivity index (χ2n) is 5.75. The molecule has 3 heteroatoms. The third kappa shape index (κ3) is 3.49. The Labute approximate surface area is 115 Å².